The molecule has 21 heavy (non-hydrogen) atoms. The number of amides is 1. The molecule has 2 heterocycles. The van der Waals surface area contributed by atoms with Gasteiger partial charge in [0.25, 0.3) is 5.91 Å². The van der Waals surface area contributed by atoms with Gasteiger partial charge >= 0.3 is 5.97 Å². The second-order valence-electron chi connectivity index (χ2n) is 5.50. The lowest BCUT2D eigenvalue weighted by Gasteiger charge is -2.39. The van der Waals surface area contributed by atoms with Crippen molar-refractivity contribution >= 4 is 23.2 Å². The Morgan fingerprint density at radius 3 is 2.71 bits per heavy atom. The number of likely N-dealkylation sites (tertiary alicyclic amines) is 1. The number of hydrogen-bond acceptors (Lipinski definition) is 5. The number of thiazole rings is 1. The normalized spacial score (nSPS) is 22.3. The van der Waals surface area contributed by atoms with E-state index in [-0.39, 0.29) is 19.1 Å². The third-order valence-electron chi connectivity index (χ3n) is 3.84. The van der Waals surface area contributed by atoms with Crippen molar-refractivity contribution in [2.45, 2.75) is 26.7 Å². The van der Waals surface area contributed by atoms with Gasteiger partial charge in [0.05, 0.1) is 17.3 Å². The minimum absolute atomic E-state index is 0.118. The fourth-order valence-corrected chi connectivity index (χ4v) is 3.70. The van der Waals surface area contributed by atoms with Crippen molar-refractivity contribution in [1.29, 1.82) is 0 Å². The van der Waals surface area contributed by atoms with E-state index in [2.05, 4.69) is 4.98 Å². The quantitative estimate of drug-likeness (QED) is 0.915. The number of carbonyl (C=O) groups excluding carboxylic acids is 1. The fraction of sp³-hybridized carbons (Fsp3) is 0.643. The number of nitrogens with zero attached hydrogens (tertiary/aromatic N) is 2. The SMILES string of the molecule is COCC1(C(=O)O)CCCN(C(=O)c2sc(C)nc2C)C1. The number of aromatic nitrogens is 1. The molecule has 0 aliphatic carbocycles. The Kier molecular flexibility index (Phi) is 4.63. The Labute approximate surface area is 127 Å². The number of methoxy groups -OCH3 is 1. The van der Waals surface area contributed by atoms with Gasteiger partial charge < -0.3 is 14.7 Å². The summed E-state index contributed by atoms with van der Waals surface area (Å²) in [5, 5.41) is 10.4. The molecule has 2 rings (SSSR count). The number of carboxylic acid groups (broad SMARTS) is 1. The van der Waals surface area contributed by atoms with Gasteiger partial charge in [0.1, 0.15) is 10.3 Å². The number of aliphatic carboxylic acids is 1. The average molecular weight is 312 g/mol. The number of rotatable bonds is 4. The highest BCUT2D eigenvalue weighted by Gasteiger charge is 2.44. The van der Waals surface area contributed by atoms with Gasteiger partial charge in [-0.15, -0.1) is 11.3 Å². The molecule has 1 N–H and O–H groups in total. The van der Waals surface area contributed by atoms with E-state index < -0.39 is 11.4 Å². The predicted octanol–water partition coefficient (Wildman–Crippen LogP) is 1.71. The van der Waals surface area contributed by atoms with E-state index >= 15 is 0 Å². The summed E-state index contributed by atoms with van der Waals surface area (Å²) in [6, 6.07) is 0. The zero-order valence-electron chi connectivity index (χ0n) is 12.5. The molecule has 1 aliphatic rings. The topological polar surface area (TPSA) is 79.7 Å². The number of aryl methyl sites for hydroxylation is 2. The van der Waals surface area contributed by atoms with Gasteiger partial charge in [0, 0.05) is 20.2 Å². The van der Waals surface area contributed by atoms with E-state index in [1.54, 1.807) is 11.8 Å². The maximum absolute atomic E-state index is 12.6. The van der Waals surface area contributed by atoms with Crippen LogP contribution in [0.1, 0.15) is 33.2 Å². The summed E-state index contributed by atoms with van der Waals surface area (Å²) < 4.78 is 5.08. The van der Waals surface area contributed by atoms with Crippen molar-refractivity contribution in [3.63, 3.8) is 0 Å². The van der Waals surface area contributed by atoms with Crippen LogP contribution in [0.2, 0.25) is 0 Å². The molecule has 0 saturated carbocycles. The van der Waals surface area contributed by atoms with Crippen molar-refractivity contribution in [3.05, 3.63) is 15.6 Å². The van der Waals surface area contributed by atoms with E-state index in [9.17, 15) is 14.7 Å². The van der Waals surface area contributed by atoms with E-state index in [4.69, 9.17) is 4.74 Å². The average Bonchev–Trinajstić information content (AvgIpc) is 2.77. The largest absolute Gasteiger partial charge is 0.481 e. The van der Waals surface area contributed by atoms with Gasteiger partial charge in [-0.25, -0.2) is 4.98 Å². The van der Waals surface area contributed by atoms with Crippen LogP contribution in [0.15, 0.2) is 0 Å². The van der Waals surface area contributed by atoms with Gasteiger partial charge in [-0.3, -0.25) is 9.59 Å². The Morgan fingerprint density at radius 2 is 2.19 bits per heavy atom. The zero-order valence-corrected chi connectivity index (χ0v) is 13.3. The Hall–Kier alpha value is -1.47. The first kappa shape index (κ1) is 15.9. The standard InChI is InChI=1S/C14H20N2O4S/c1-9-11(21-10(2)15-9)12(17)16-6-4-5-14(7-16,8-20-3)13(18)19/h4-8H2,1-3H3,(H,18,19). The summed E-state index contributed by atoms with van der Waals surface area (Å²) in [5.74, 6) is -1.03. The fourth-order valence-electron chi connectivity index (χ4n) is 2.81. The molecule has 1 amide bonds. The van der Waals surface area contributed by atoms with Crippen molar-refractivity contribution in [1.82, 2.24) is 9.88 Å². The number of ether oxygens (including phenoxy) is 1. The minimum atomic E-state index is -1.00. The van der Waals surface area contributed by atoms with Crippen LogP contribution < -0.4 is 0 Å². The smallest absolute Gasteiger partial charge is 0.313 e. The predicted molar refractivity (Wildman–Crippen MR) is 78.7 cm³/mol. The summed E-state index contributed by atoms with van der Waals surface area (Å²) >= 11 is 1.36. The molecular formula is C14H20N2O4S. The van der Waals surface area contributed by atoms with Gasteiger partial charge in [0.15, 0.2) is 0 Å². The molecule has 1 aromatic rings. The summed E-state index contributed by atoms with van der Waals surface area (Å²) in [4.78, 5) is 30.7. The molecule has 0 spiro atoms. The zero-order chi connectivity index (χ0) is 15.6. The van der Waals surface area contributed by atoms with Gasteiger partial charge in [-0.2, -0.15) is 0 Å². The molecule has 0 aromatic carbocycles. The molecule has 0 radical (unpaired) electrons. The maximum atomic E-state index is 12.6. The number of hydrogen-bond donors (Lipinski definition) is 1. The van der Waals surface area contributed by atoms with Crippen LogP contribution in [0, 0.1) is 19.3 Å². The van der Waals surface area contributed by atoms with Crippen molar-refractivity contribution in [3.8, 4) is 0 Å². The lowest BCUT2D eigenvalue weighted by Crippen LogP contribution is -2.52. The van der Waals surface area contributed by atoms with Crippen LogP contribution in [0.4, 0.5) is 0 Å². The van der Waals surface area contributed by atoms with E-state index in [0.29, 0.717) is 30.0 Å². The van der Waals surface area contributed by atoms with E-state index in [1.165, 1.54) is 18.4 Å². The molecule has 7 heteroatoms. The van der Waals surface area contributed by atoms with Crippen LogP contribution in [0.5, 0.6) is 0 Å². The monoisotopic (exact) mass is 312 g/mol. The molecule has 1 atom stereocenters. The molecule has 1 aliphatic heterocycles. The molecule has 1 saturated heterocycles. The summed E-state index contributed by atoms with van der Waals surface area (Å²) in [5.41, 5.74) is -0.295. The summed E-state index contributed by atoms with van der Waals surface area (Å²) in [6.45, 7) is 4.55. The third kappa shape index (κ3) is 3.08. The second-order valence-corrected chi connectivity index (χ2v) is 6.70. The summed E-state index contributed by atoms with van der Waals surface area (Å²) in [6.07, 6.45) is 1.19. The van der Waals surface area contributed by atoms with E-state index in [1.807, 2.05) is 6.92 Å². The molecular weight excluding hydrogens is 292 g/mol. The molecule has 116 valence electrons. The Morgan fingerprint density at radius 1 is 1.48 bits per heavy atom. The van der Waals surface area contributed by atoms with Crippen molar-refractivity contribution in [2.75, 3.05) is 26.8 Å². The minimum Gasteiger partial charge on any atom is -0.481 e. The van der Waals surface area contributed by atoms with Crippen LogP contribution in [0.3, 0.4) is 0 Å². The van der Waals surface area contributed by atoms with E-state index in [0.717, 1.165) is 5.01 Å². The number of carboxylic acids is 1. The van der Waals surface area contributed by atoms with Crippen molar-refractivity contribution in [2.24, 2.45) is 5.41 Å². The molecule has 1 unspecified atom stereocenters. The Balaban J connectivity index is 2.22. The molecule has 0 bridgehead atoms. The number of carbonyl (C=O) groups is 2. The lowest BCUT2D eigenvalue weighted by atomic mass is 9.80. The van der Waals surface area contributed by atoms with Gasteiger partial charge in [0.2, 0.25) is 0 Å². The number of piperidine rings is 1. The summed E-state index contributed by atoms with van der Waals surface area (Å²) in [7, 11) is 1.49. The van der Waals surface area contributed by atoms with Crippen LogP contribution >= 0.6 is 11.3 Å². The van der Waals surface area contributed by atoms with Crippen LogP contribution in [-0.4, -0.2) is 53.7 Å². The second kappa shape index (κ2) is 6.11. The highest BCUT2D eigenvalue weighted by atomic mass is 32.1. The molecule has 6 nitrogen and oxygen atoms in total. The van der Waals surface area contributed by atoms with Crippen LogP contribution in [0.25, 0.3) is 0 Å². The molecule has 1 fully saturated rings. The lowest BCUT2D eigenvalue weighted by molar-refractivity contribution is -0.155. The third-order valence-corrected chi connectivity index (χ3v) is 4.90. The van der Waals surface area contributed by atoms with Gasteiger partial charge in [-0.1, -0.05) is 0 Å². The highest BCUT2D eigenvalue weighted by molar-refractivity contribution is 7.13. The Bertz CT molecular complexity index is 553. The molecule has 1 aromatic heterocycles. The van der Waals surface area contributed by atoms with Crippen molar-refractivity contribution < 1.29 is 19.4 Å². The van der Waals surface area contributed by atoms with Gasteiger partial charge in [-0.05, 0) is 26.7 Å². The first-order valence-corrected chi connectivity index (χ1v) is 7.67. The maximum Gasteiger partial charge on any atom is 0.313 e. The highest BCUT2D eigenvalue weighted by Crippen LogP contribution is 2.32. The first-order valence-electron chi connectivity index (χ1n) is 6.85. The van der Waals surface area contributed by atoms with Crippen LogP contribution in [-0.2, 0) is 9.53 Å². The first-order chi connectivity index (χ1) is 9.89.